The van der Waals surface area contributed by atoms with E-state index in [1.165, 1.54) is 4.90 Å². The topological polar surface area (TPSA) is 88.6 Å². The molecular formula is C17H22FN3O3. The van der Waals surface area contributed by atoms with Crippen molar-refractivity contribution in [2.45, 2.75) is 38.2 Å². The van der Waals surface area contributed by atoms with Crippen LogP contribution in [-0.2, 0) is 16.1 Å². The lowest BCUT2D eigenvalue weighted by molar-refractivity contribution is -0.137. The highest BCUT2D eigenvalue weighted by Crippen LogP contribution is 2.27. The Morgan fingerprint density at radius 2 is 2.17 bits per heavy atom. The molecule has 0 aromatic carbocycles. The van der Waals surface area contributed by atoms with Crippen LogP contribution in [0.4, 0.5) is 4.39 Å². The second-order valence-corrected chi connectivity index (χ2v) is 5.89. The van der Waals surface area contributed by atoms with Gasteiger partial charge in [-0.1, -0.05) is 19.2 Å². The van der Waals surface area contributed by atoms with Crippen molar-refractivity contribution in [1.29, 1.82) is 0 Å². The Labute approximate surface area is 140 Å². The molecule has 1 saturated heterocycles. The number of nitrogens with zero attached hydrogens (tertiary/aromatic N) is 2. The first-order valence-corrected chi connectivity index (χ1v) is 7.68. The second-order valence-electron chi connectivity index (χ2n) is 5.89. The van der Waals surface area contributed by atoms with Crippen molar-refractivity contribution in [3.63, 3.8) is 0 Å². The van der Waals surface area contributed by atoms with Gasteiger partial charge in [0.1, 0.15) is 18.8 Å². The van der Waals surface area contributed by atoms with Gasteiger partial charge in [0.2, 0.25) is 11.8 Å². The average molecular weight is 335 g/mol. The Morgan fingerprint density at radius 1 is 1.50 bits per heavy atom. The van der Waals surface area contributed by atoms with E-state index in [0.29, 0.717) is 16.8 Å². The van der Waals surface area contributed by atoms with Gasteiger partial charge in [0.15, 0.2) is 0 Å². The number of aromatic nitrogens is 1. The maximum Gasteiger partial charge on any atom is 0.243 e. The normalized spacial score (nSPS) is 21.5. The van der Waals surface area contributed by atoms with Crippen LogP contribution in [0.2, 0.25) is 0 Å². The summed E-state index contributed by atoms with van der Waals surface area (Å²) in [6.45, 7) is 8.80. The maximum atomic E-state index is 13.6. The van der Waals surface area contributed by atoms with Gasteiger partial charge in [0, 0.05) is 29.4 Å². The lowest BCUT2D eigenvalue weighted by atomic mass is 10.1. The third-order valence-electron chi connectivity index (χ3n) is 4.24. The highest BCUT2D eigenvalue weighted by molar-refractivity contribution is 5.87. The first-order valence-electron chi connectivity index (χ1n) is 7.68. The fourth-order valence-electron chi connectivity index (χ4n) is 3.09. The minimum Gasteiger partial charge on any atom is -0.389 e. The number of halogens is 1. The minimum absolute atomic E-state index is 0.0715. The Bertz CT molecular complexity index is 681. The fraction of sp³-hybridized carbons (Fsp3) is 0.412. The molecule has 7 heteroatoms. The third kappa shape index (κ3) is 3.26. The summed E-state index contributed by atoms with van der Waals surface area (Å²) >= 11 is 0. The molecule has 1 aliphatic heterocycles. The molecule has 1 fully saturated rings. The van der Waals surface area contributed by atoms with Gasteiger partial charge in [0.05, 0.1) is 12.6 Å². The number of likely N-dealkylation sites (tertiary alicyclic amines) is 1. The monoisotopic (exact) mass is 335 g/mol. The number of carbonyl (C=O) groups is 2. The lowest BCUT2D eigenvalue weighted by Crippen LogP contribution is -2.45. The van der Waals surface area contributed by atoms with E-state index in [-0.39, 0.29) is 19.5 Å². The highest BCUT2D eigenvalue weighted by Gasteiger charge is 2.38. The van der Waals surface area contributed by atoms with E-state index in [9.17, 15) is 19.1 Å². The number of alkyl halides is 1. The number of amides is 2. The van der Waals surface area contributed by atoms with Crippen LogP contribution in [0, 0.1) is 0 Å². The molecule has 0 spiro atoms. The highest BCUT2D eigenvalue weighted by atomic mass is 19.1. The summed E-state index contributed by atoms with van der Waals surface area (Å²) in [5.74, 6) is -1.12. The second kappa shape index (κ2) is 7.00. The van der Waals surface area contributed by atoms with Crippen molar-refractivity contribution >= 4 is 24.0 Å². The maximum absolute atomic E-state index is 13.6. The fourth-order valence-corrected chi connectivity index (χ4v) is 3.09. The molecule has 130 valence electrons. The Morgan fingerprint density at radius 3 is 2.67 bits per heavy atom. The molecule has 2 heterocycles. The van der Waals surface area contributed by atoms with E-state index in [4.69, 9.17) is 5.73 Å². The number of rotatable bonds is 6. The van der Waals surface area contributed by atoms with Crippen molar-refractivity contribution in [2.24, 2.45) is 5.73 Å². The zero-order valence-corrected chi connectivity index (χ0v) is 13.6. The molecule has 2 amide bonds. The molecule has 24 heavy (non-hydrogen) atoms. The summed E-state index contributed by atoms with van der Waals surface area (Å²) in [5.41, 5.74) is 7.18. The SMILES string of the molecule is C=Cc1c(C(C)O)cn(CC(=O)N2CC(F)CC2C(N)=O)c1C=C. The van der Waals surface area contributed by atoms with Crippen LogP contribution in [0.25, 0.3) is 12.2 Å². The number of hydrogen-bond donors (Lipinski definition) is 2. The van der Waals surface area contributed by atoms with Gasteiger partial charge in [0.25, 0.3) is 0 Å². The average Bonchev–Trinajstić information content (AvgIpc) is 3.07. The summed E-state index contributed by atoms with van der Waals surface area (Å²) in [6, 6.07) is -0.926. The first-order chi connectivity index (χ1) is 11.3. The molecule has 1 aliphatic rings. The number of nitrogens with two attached hydrogens (primary N) is 1. The van der Waals surface area contributed by atoms with Crippen LogP contribution < -0.4 is 5.73 Å². The van der Waals surface area contributed by atoms with Crippen LogP contribution in [0.3, 0.4) is 0 Å². The molecule has 2 rings (SSSR count). The molecule has 6 nitrogen and oxygen atoms in total. The van der Waals surface area contributed by atoms with Crippen molar-refractivity contribution < 1.29 is 19.1 Å². The largest absolute Gasteiger partial charge is 0.389 e. The predicted molar refractivity (Wildman–Crippen MR) is 89.5 cm³/mol. The quantitative estimate of drug-likeness (QED) is 0.820. The zero-order valence-electron chi connectivity index (χ0n) is 13.6. The number of hydrogen-bond acceptors (Lipinski definition) is 3. The van der Waals surface area contributed by atoms with Crippen LogP contribution >= 0.6 is 0 Å². The van der Waals surface area contributed by atoms with Gasteiger partial charge in [-0.2, -0.15) is 0 Å². The Hall–Kier alpha value is -2.41. The standard InChI is InChI=1S/C17H22FN3O3/c1-4-12-13(10(3)22)8-20(14(12)5-2)9-16(23)21-7-11(18)6-15(21)17(19)24/h4-5,8,10-11,15,22H,1-2,6-7,9H2,3H3,(H2,19,24). The van der Waals surface area contributed by atoms with Crippen LogP contribution in [0.1, 0.15) is 36.3 Å². The first kappa shape index (κ1) is 17.9. The van der Waals surface area contributed by atoms with Gasteiger partial charge >= 0.3 is 0 Å². The molecule has 0 radical (unpaired) electrons. The number of aliphatic hydroxyl groups excluding tert-OH is 1. The smallest absolute Gasteiger partial charge is 0.243 e. The Kier molecular flexibility index (Phi) is 5.23. The molecular weight excluding hydrogens is 313 g/mol. The summed E-state index contributed by atoms with van der Waals surface area (Å²) in [5, 5.41) is 9.86. The molecule has 1 aromatic rings. The molecule has 0 saturated carbocycles. The summed E-state index contributed by atoms with van der Waals surface area (Å²) in [6.07, 6.45) is 2.71. The predicted octanol–water partition coefficient (Wildman–Crippen LogP) is 1.25. The van der Waals surface area contributed by atoms with Crippen molar-refractivity contribution in [3.05, 3.63) is 36.2 Å². The van der Waals surface area contributed by atoms with E-state index >= 15 is 0 Å². The van der Waals surface area contributed by atoms with Crippen LogP contribution in [0.5, 0.6) is 0 Å². The van der Waals surface area contributed by atoms with Gasteiger partial charge < -0.3 is 20.3 Å². The van der Waals surface area contributed by atoms with E-state index in [1.807, 2.05) is 0 Å². The van der Waals surface area contributed by atoms with Crippen molar-refractivity contribution in [2.75, 3.05) is 6.54 Å². The summed E-state index contributed by atoms with van der Waals surface area (Å²) < 4.78 is 15.2. The van der Waals surface area contributed by atoms with Gasteiger partial charge in [-0.25, -0.2) is 4.39 Å². The van der Waals surface area contributed by atoms with Gasteiger partial charge in [-0.15, -0.1) is 0 Å². The van der Waals surface area contributed by atoms with Gasteiger partial charge in [-0.05, 0) is 13.0 Å². The molecule has 3 N–H and O–H groups in total. The van der Waals surface area contributed by atoms with Crippen LogP contribution in [-0.4, -0.2) is 45.1 Å². The molecule has 0 aliphatic carbocycles. The molecule has 3 unspecified atom stereocenters. The number of carbonyl (C=O) groups excluding carboxylic acids is 2. The molecule has 3 atom stereocenters. The Balaban J connectivity index is 2.30. The van der Waals surface area contributed by atoms with Crippen molar-refractivity contribution in [1.82, 2.24) is 9.47 Å². The minimum atomic E-state index is -1.26. The molecule has 0 bridgehead atoms. The van der Waals surface area contributed by atoms with Crippen molar-refractivity contribution in [3.8, 4) is 0 Å². The number of primary amides is 1. The summed E-state index contributed by atoms with van der Waals surface area (Å²) in [4.78, 5) is 25.1. The van der Waals surface area contributed by atoms with Crippen LogP contribution in [0.15, 0.2) is 19.4 Å². The summed E-state index contributed by atoms with van der Waals surface area (Å²) in [7, 11) is 0. The van der Waals surface area contributed by atoms with Gasteiger partial charge in [-0.3, -0.25) is 9.59 Å². The zero-order chi connectivity index (χ0) is 18.0. The van der Waals surface area contributed by atoms with E-state index in [2.05, 4.69) is 13.2 Å². The number of aliphatic hydroxyl groups is 1. The third-order valence-corrected chi connectivity index (χ3v) is 4.24. The lowest BCUT2D eigenvalue weighted by Gasteiger charge is -2.22. The molecule has 1 aromatic heterocycles. The van der Waals surface area contributed by atoms with E-state index in [0.717, 1.165) is 0 Å². The van der Waals surface area contributed by atoms with E-state index in [1.54, 1.807) is 29.8 Å². The van der Waals surface area contributed by atoms with E-state index < -0.39 is 30.1 Å².